The first-order chi connectivity index (χ1) is 12.1. The number of rotatable bonds is 6. The van der Waals surface area contributed by atoms with E-state index in [4.69, 9.17) is 9.88 Å². The van der Waals surface area contributed by atoms with Gasteiger partial charge < -0.3 is 10.1 Å². The molecular weight excluding hydrogens is 352 g/mol. The van der Waals surface area contributed by atoms with Gasteiger partial charge in [0.25, 0.3) is 0 Å². The fraction of sp³-hybridized carbons (Fsp3) is 0.316. The van der Waals surface area contributed by atoms with Crippen LogP contribution in [0.4, 0.5) is 5.69 Å². The number of nitrogens with two attached hydrogens (primary N) is 1. The summed E-state index contributed by atoms with van der Waals surface area (Å²) < 4.78 is 28.8. The third kappa shape index (κ3) is 5.31. The van der Waals surface area contributed by atoms with Crippen molar-refractivity contribution in [1.29, 1.82) is 0 Å². The molecule has 0 aliphatic rings. The van der Waals surface area contributed by atoms with Crippen molar-refractivity contribution in [2.24, 2.45) is 5.14 Å². The highest BCUT2D eigenvalue weighted by molar-refractivity contribution is 7.89. The van der Waals surface area contributed by atoms with E-state index in [9.17, 15) is 13.2 Å². The number of nitrogens with one attached hydrogen (secondary N) is 1. The Morgan fingerprint density at radius 1 is 1.04 bits per heavy atom. The molecule has 6 nitrogen and oxygen atoms in total. The number of sulfonamides is 1. The first-order valence-electron chi connectivity index (χ1n) is 8.21. The molecule has 0 fully saturated rings. The molecule has 0 spiro atoms. The van der Waals surface area contributed by atoms with Crippen molar-refractivity contribution in [2.45, 2.75) is 39.0 Å². The average molecular weight is 376 g/mol. The molecule has 0 heterocycles. The fourth-order valence-corrected chi connectivity index (χ4v) is 3.23. The van der Waals surface area contributed by atoms with E-state index in [1.54, 1.807) is 6.92 Å². The Kier molecular flexibility index (Phi) is 6.05. The molecule has 0 aliphatic heterocycles. The molecule has 0 saturated heterocycles. The van der Waals surface area contributed by atoms with Crippen LogP contribution in [-0.4, -0.2) is 20.9 Å². The lowest BCUT2D eigenvalue weighted by molar-refractivity contribution is -0.116. The zero-order valence-corrected chi connectivity index (χ0v) is 16.2. The summed E-state index contributed by atoms with van der Waals surface area (Å²) in [5, 5.41) is 7.92. The van der Waals surface area contributed by atoms with E-state index in [2.05, 4.69) is 5.32 Å². The average Bonchev–Trinajstić information content (AvgIpc) is 2.49. The van der Waals surface area contributed by atoms with Gasteiger partial charge in [0.05, 0.1) is 17.9 Å². The molecule has 0 atom stereocenters. The zero-order valence-electron chi connectivity index (χ0n) is 15.4. The number of ether oxygens (including phenoxy) is 1. The van der Waals surface area contributed by atoms with Gasteiger partial charge >= 0.3 is 0 Å². The minimum Gasteiger partial charge on any atom is -0.493 e. The van der Waals surface area contributed by atoms with Gasteiger partial charge in [-0.25, -0.2) is 13.6 Å². The van der Waals surface area contributed by atoms with Gasteiger partial charge in [-0.15, -0.1) is 0 Å². The highest BCUT2D eigenvalue weighted by Crippen LogP contribution is 2.24. The van der Waals surface area contributed by atoms with Crippen molar-refractivity contribution in [2.75, 3.05) is 11.9 Å². The Morgan fingerprint density at radius 2 is 1.65 bits per heavy atom. The minimum absolute atomic E-state index is 0.0256. The first kappa shape index (κ1) is 19.9. The first-order valence-corrected chi connectivity index (χ1v) is 9.76. The van der Waals surface area contributed by atoms with Crippen molar-refractivity contribution in [3.05, 3.63) is 52.6 Å². The highest BCUT2D eigenvalue weighted by atomic mass is 32.2. The second-order valence-electron chi connectivity index (χ2n) is 6.43. The van der Waals surface area contributed by atoms with E-state index in [0.717, 1.165) is 28.0 Å². The van der Waals surface area contributed by atoms with Crippen LogP contribution in [-0.2, 0) is 14.8 Å². The SMILES string of the molecule is Cc1cc(C)cc(OCCC(=O)Nc2cc(S(N)(=O)=O)cc(C)c2C)c1. The van der Waals surface area contributed by atoms with Crippen LogP contribution in [0, 0.1) is 27.7 Å². The van der Waals surface area contributed by atoms with Gasteiger partial charge in [0.1, 0.15) is 5.75 Å². The number of aryl methyl sites for hydroxylation is 3. The molecule has 26 heavy (non-hydrogen) atoms. The summed E-state index contributed by atoms with van der Waals surface area (Å²) in [5.74, 6) is 0.460. The summed E-state index contributed by atoms with van der Waals surface area (Å²) in [6, 6.07) is 8.73. The predicted molar refractivity (Wildman–Crippen MR) is 102 cm³/mol. The molecule has 0 unspecified atom stereocenters. The van der Waals surface area contributed by atoms with E-state index in [-0.39, 0.29) is 23.8 Å². The lowest BCUT2D eigenvalue weighted by atomic mass is 10.1. The Bertz CT molecular complexity index is 917. The Morgan fingerprint density at radius 3 is 2.23 bits per heavy atom. The van der Waals surface area contributed by atoms with Gasteiger partial charge in [0.15, 0.2) is 0 Å². The van der Waals surface area contributed by atoms with Crippen molar-refractivity contribution in [3.8, 4) is 5.75 Å². The van der Waals surface area contributed by atoms with Gasteiger partial charge in [-0.1, -0.05) is 6.07 Å². The van der Waals surface area contributed by atoms with Crippen LogP contribution in [0.5, 0.6) is 5.75 Å². The molecule has 2 rings (SSSR count). The zero-order chi connectivity index (χ0) is 19.5. The van der Waals surface area contributed by atoms with E-state index in [1.165, 1.54) is 12.1 Å². The molecule has 2 aromatic rings. The van der Waals surface area contributed by atoms with Crippen molar-refractivity contribution < 1.29 is 17.9 Å². The number of anilines is 1. The maximum absolute atomic E-state index is 12.2. The Balaban J connectivity index is 2.02. The fourth-order valence-electron chi connectivity index (χ4n) is 2.61. The second-order valence-corrected chi connectivity index (χ2v) is 7.99. The summed E-state index contributed by atoms with van der Waals surface area (Å²) in [5.41, 5.74) is 4.15. The molecule has 3 N–H and O–H groups in total. The molecule has 7 heteroatoms. The number of amides is 1. The maximum atomic E-state index is 12.2. The van der Waals surface area contributed by atoms with Gasteiger partial charge in [-0.05, 0) is 74.2 Å². The van der Waals surface area contributed by atoms with E-state index < -0.39 is 10.0 Å². The van der Waals surface area contributed by atoms with Gasteiger partial charge in [-0.3, -0.25) is 4.79 Å². The van der Waals surface area contributed by atoms with Crippen molar-refractivity contribution in [3.63, 3.8) is 0 Å². The van der Waals surface area contributed by atoms with Crippen molar-refractivity contribution >= 4 is 21.6 Å². The van der Waals surface area contributed by atoms with Crippen molar-refractivity contribution in [1.82, 2.24) is 0 Å². The Labute approximate surface area is 154 Å². The maximum Gasteiger partial charge on any atom is 0.238 e. The molecular formula is C19H24N2O4S. The smallest absolute Gasteiger partial charge is 0.238 e. The molecule has 2 aromatic carbocycles. The largest absolute Gasteiger partial charge is 0.493 e. The monoisotopic (exact) mass is 376 g/mol. The standard InChI is InChI=1S/C19H24N2O4S/c1-12-7-13(2)9-16(8-12)25-6-5-19(22)21-18-11-17(26(20,23)24)10-14(3)15(18)4/h7-11H,5-6H2,1-4H3,(H,21,22)(H2,20,23,24). The summed E-state index contributed by atoms with van der Waals surface area (Å²) in [6.07, 6.45) is 0.144. The molecule has 140 valence electrons. The predicted octanol–water partition coefficient (Wildman–Crippen LogP) is 2.98. The molecule has 1 amide bonds. The quantitative estimate of drug-likeness (QED) is 0.810. The normalized spacial score (nSPS) is 11.3. The van der Waals surface area contributed by atoms with Crippen LogP contribution in [0.3, 0.4) is 0 Å². The summed E-state index contributed by atoms with van der Waals surface area (Å²) >= 11 is 0. The molecule has 0 radical (unpaired) electrons. The van der Waals surface area contributed by atoms with Crippen LogP contribution >= 0.6 is 0 Å². The van der Waals surface area contributed by atoms with E-state index in [1.807, 2.05) is 39.0 Å². The lowest BCUT2D eigenvalue weighted by Crippen LogP contribution is -2.18. The minimum atomic E-state index is -3.84. The number of primary sulfonamides is 1. The summed E-state index contributed by atoms with van der Waals surface area (Å²) in [7, 11) is -3.84. The summed E-state index contributed by atoms with van der Waals surface area (Å²) in [4.78, 5) is 12.2. The molecule has 0 aliphatic carbocycles. The number of benzene rings is 2. The van der Waals surface area contributed by atoms with Gasteiger partial charge in [-0.2, -0.15) is 0 Å². The lowest BCUT2D eigenvalue weighted by Gasteiger charge is -2.13. The third-order valence-electron chi connectivity index (χ3n) is 4.04. The van der Waals surface area contributed by atoms with Crippen LogP contribution < -0.4 is 15.2 Å². The van der Waals surface area contributed by atoms with E-state index in [0.29, 0.717) is 5.69 Å². The molecule has 0 bridgehead atoms. The number of hydrogen-bond acceptors (Lipinski definition) is 4. The Hall–Kier alpha value is -2.38. The van der Waals surface area contributed by atoms with Gasteiger partial charge in [0.2, 0.25) is 15.9 Å². The van der Waals surface area contributed by atoms with E-state index >= 15 is 0 Å². The summed E-state index contributed by atoms with van der Waals surface area (Å²) in [6.45, 7) is 7.76. The van der Waals surface area contributed by atoms with Crippen LogP contribution in [0.1, 0.15) is 28.7 Å². The third-order valence-corrected chi connectivity index (χ3v) is 4.93. The topological polar surface area (TPSA) is 98.5 Å². The number of carbonyl (C=O) groups excluding carboxylic acids is 1. The van der Waals surface area contributed by atoms with Crippen LogP contribution in [0.2, 0.25) is 0 Å². The molecule has 0 saturated carbocycles. The second kappa shape index (κ2) is 7.88. The molecule has 0 aromatic heterocycles. The van der Waals surface area contributed by atoms with Gasteiger partial charge in [0, 0.05) is 5.69 Å². The van der Waals surface area contributed by atoms with Crippen LogP contribution in [0.15, 0.2) is 35.2 Å². The highest BCUT2D eigenvalue weighted by Gasteiger charge is 2.14. The van der Waals surface area contributed by atoms with Crippen LogP contribution in [0.25, 0.3) is 0 Å². The number of hydrogen-bond donors (Lipinski definition) is 2. The number of carbonyl (C=O) groups is 1.